The zero-order valence-corrected chi connectivity index (χ0v) is 8.73. The standard InChI is InChI=1S/C5H9ClO2.Na.H/c1-4(6)3-5(7)8-2;;/h4H,3H2,1-2H3;;/q;+1;-1. The molecular weight excluding hydrogens is 150 g/mol. The monoisotopic (exact) mass is 160 g/mol. The zero-order chi connectivity index (χ0) is 6.57. The quantitative estimate of drug-likeness (QED) is 0.273. The van der Waals surface area contributed by atoms with Gasteiger partial charge in [-0.25, -0.2) is 0 Å². The van der Waals surface area contributed by atoms with Gasteiger partial charge in [-0.3, -0.25) is 4.79 Å². The predicted molar refractivity (Wildman–Crippen MR) is 33.1 cm³/mol. The molecule has 1 atom stereocenters. The molecule has 0 aliphatic heterocycles. The molecule has 4 heteroatoms. The number of hydrogen-bond donors (Lipinski definition) is 0. The van der Waals surface area contributed by atoms with E-state index in [0.29, 0.717) is 0 Å². The molecule has 0 aromatic heterocycles. The van der Waals surface area contributed by atoms with E-state index >= 15 is 0 Å². The topological polar surface area (TPSA) is 26.3 Å². The molecule has 1 unspecified atom stereocenters. The fraction of sp³-hybridized carbons (Fsp3) is 0.800. The molecular formula is C5H10ClNaO2. The second-order valence-electron chi connectivity index (χ2n) is 1.56. The number of hydrogen-bond acceptors (Lipinski definition) is 2. The normalized spacial score (nSPS) is 11.4. The minimum atomic E-state index is -0.257. The summed E-state index contributed by atoms with van der Waals surface area (Å²) in [5.74, 6) is -0.257. The summed E-state index contributed by atoms with van der Waals surface area (Å²) in [5.41, 5.74) is 0. The summed E-state index contributed by atoms with van der Waals surface area (Å²) in [6, 6.07) is 0. The Balaban J connectivity index is -0.000000245. The average molecular weight is 161 g/mol. The molecule has 0 aliphatic rings. The minimum Gasteiger partial charge on any atom is -1.00 e. The van der Waals surface area contributed by atoms with Crippen molar-refractivity contribution in [3.63, 3.8) is 0 Å². The van der Waals surface area contributed by atoms with Crippen molar-refractivity contribution in [2.45, 2.75) is 18.7 Å². The fourth-order valence-electron chi connectivity index (χ4n) is 0.313. The maximum atomic E-state index is 10.3. The number of ether oxygens (including phenoxy) is 1. The number of esters is 1. The molecule has 0 N–H and O–H groups in total. The number of carbonyl (C=O) groups excluding carboxylic acids is 1. The van der Waals surface area contributed by atoms with Crippen molar-refractivity contribution in [2.24, 2.45) is 0 Å². The van der Waals surface area contributed by atoms with Crippen molar-refractivity contribution >= 4 is 17.6 Å². The van der Waals surface area contributed by atoms with Crippen molar-refractivity contribution in [1.82, 2.24) is 0 Å². The first-order valence-corrected chi connectivity index (χ1v) is 2.81. The van der Waals surface area contributed by atoms with Gasteiger partial charge in [-0.15, -0.1) is 11.6 Å². The van der Waals surface area contributed by atoms with Crippen molar-refractivity contribution in [3.05, 3.63) is 0 Å². The summed E-state index contributed by atoms with van der Waals surface area (Å²) < 4.78 is 4.34. The van der Waals surface area contributed by atoms with Gasteiger partial charge in [0.05, 0.1) is 13.5 Å². The van der Waals surface area contributed by atoms with E-state index in [1.54, 1.807) is 6.92 Å². The van der Waals surface area contributed by atoms with Gasteiger partial charge < -0.3 is 6.16 Å². The van der Waals surface area contributed by atoms with E-state index in [1.807, 2.05) is 0 Å². The van der Waals surface area contributed by atoms with Crippen LogP contribution in [0.2, 0.25) is 0 Å². The molecule has 0 aromatic rings. The second kappa shape index (κ2) is 6.87. The van der Waals surface area contributed by atoms with Gasteiger partial charge in [-0.05, 0) is 6.92 Å². The fourth-order valence-corrected chi connectivity index (χ4v) is 0.439. The summed E-state index contributed by atoms with van der Waals surface area (Å²) in [5, 5.41) is -0.123. The Kier molecular flexibility index (Phi) is 9.50. The third kappa shape index (κ3) is 8.76. The number of alkyl halides is 1. The van der Waals surface area contributed by atoms with Crippen LogP contribution in [-0.2, 0) is 9.53 Å². The van der Waals surface area contributed by atoms with Gasteiger partial charge in [-0.1, -0.05) is 0 Å². The SMILES string of the molecule is COC(=O)CC(C)Cl.[H-].[Na+]. The smallest absolute Gasteiger partial charge is 1.00 e. The van der Waals surface area contributed by atoms with Crippen molar-refractivity contribution in [3.8, 4) is 0 Å². The van der Waals surface area contributed by atoms with E-state index in [2.05, 4.69) is 4.74 Å². The van der Waals surface area contributed by atoms with Crippen LogP contribution in [0.4, 0.5) is 0 Å². The Hall–Kier alpha value is 0.760. The van der Waals surface area contributed by atoms with Crippen molar-refractivity contribution in [2.75, 3.05) is 7.11 Å². The van der Waals surface area contributed by atoms with Gasteiger partial charge in [0.15, 0.2) is 0 Å². The van der Waals surface area contributed by atoms with Crippen LogP contribution in [0.25, 0.3) is 0 Å². The van der Waals surface area contributed by atoms with Crippen LogP contribution in [0, 0.1) is 0 Å². The molecule has 0 aromatic carbocycles. The van der Waals surface area contributed by atoms with Crippen LogP contribution in [-0.4, -0.2) is 18.5 Å². The Morgan fingerprint density at radius 3 is 2.44 bits per heavy atom. The molecule has 0 amide bonds. The van der Waals surface area contributed by atoms with Gasteiger partial charge in [0, 0.05) is 5.38 Å². The zero-order valence-electron chi connectivity index (χ0n) is 6.98. The summed E-state index contributed by atoms with van der Waals surface area (Å²) in [4.78, 5) is 10.3. The molecule has 2 nitrogen and oxygen atoms in total. The van der Waals surface area contributed by atoms with Crippen LogP contribution in [0.3, 0.4) is 0 Å². The Labute approximate surface area is 83.7 Å². The molecule has 0 aliphatic carbocycles. The molecule has 0 saturated heterocycles. The van der Waals surface area contributed by atoms with E-state index in [9.17, 15) is 4.79 Å². The molecule has 50 valence electrons. The van der Waals surface area contributed by atoms with E-state index in [-0.39, 0.29) is 48.8 Å². The van der Waals surface area contributed by atoms with E-state index < -0.39 is 0 Å². The summed E-state index contributed by atoms with van der Waals surface area (Å²) >= 11 is 5.45. The number of carbonyl (C=O) groups is 1. The van der Waals surface area contributed by atoms with Crippen LogP contribution in [0.5, 0.6) is 0 Å². The molecule has 0 saturated carbocycles. The molecule has 0 fully saturated rings. The Bertz CT molecular complexity index is 89.7. The van der Waals surface area contributed by atoms with Gasteiger partial charge in [0.1, 0.15) is 0 Å². The van der Waals surface area contributed by atoms with E-state index in [1.165, 1.54) is 7.11 Å². The first-order chi connectivity index (χ1) is 3.66. The van der Waals surface area contributed by atoms with Gasteiger partial charge >= 0.3 is 35.5 Å². The first-order valence-electron chi connectivity index (χ1n) is 2.37. The van der Waals surface area contributed by atoms with Crippen molar-refractivity contribution < 1.29 is 40.5 Å². The predicted octanol–water partition coefficient (Wildman–Crippen LogP) is -1.71. The third-order valence-corrected chi connectivity index (χ3v) is 0.830. The van der Waals surface area contributed by atoms with Crippen LogP contribution < -0.4 is 29.6 Å². The summed E-state index contributed by atoms with van der Waals surface area (Å²) in [6.45, 7) is 1.75. The molecule has 9 heavy (non-hydrogen) atoms. The van der Waals surface area contributed by atoms with Crippen LogP contribution >= 0.6 is 11.6 Å². The summed E-state index contributed by atoms with van der Waals surface area (Å²) in [7, 11) is 1.35. The number of methoxy groups -OCH3 is 1. The largest absolute Gasteiger partial charge is 1.00 e. The molecule has 0 radical (unpaired) electrons. The average Bonchev–Trinajstić information content (AvgIpc) is 1.65. The molecule has 0 heterocycles. The van der Waals surface area contributed by atoms with Gasteiger partial charge in [0.2, 0.25) is 0 Å². The maximum absolute atomic E-state index is 10.3. The van der Waals surface area contributed by atoms with E-state index in [4.69, 9.17) is 11.6 Å². The summed E-state index contributed by atoms with van der Waals surface area (Å²) in [6.07, 6.45) is 0.290. The molecule has 0 bridgehead atoms. The third-order valence-electron chi connectivity index (χ3n) is 0.676. The van der Waals surface area contributed by atoms with Crippen molar-refractivity contribution in [1.29, 1.82) is 0 Å². The maximum Gasteiger partial charge on any atom is 1.00 e. The van der Waals surface area contributed by atoms with E-state index in [0.717, 1.165) is 0 Å². The second-order valence-corrected chi connectivity index (χ2v) is 2.31. The number of rotatable bonds is 2. The Morgan fingerprint density at radius 1 is 1.89 bits per heavy atom. The van der Waals surface area contributed by atoms with Gasteiger partial charge in [0.25, 0.3) is 0 Å². The first kappa shape index (κ1) is 12.4. The molecule has 0 spiro atoms. The van der Waals surface area contributed by atoms with Crippen LogP contribution in [0.1, 0.15) is 14.8 Å². The minimum absolute atomic E-state index is 0. The number of halogens is 1. The Morgan fingerprint density at radius 2 is 2.33 bits per heavy atom. The van der Waals surface area contributed by atoms with Gasteiger partial charge in [-0.2, -0.15) is 0 Å². The molecule has 0 rings (SSSR count). The van der Waals surface area contributed by atoms with Crippen LogP contribution in [0.15, 0.2) is 0 Å².